The Balaban J connectivity index is 0.00000280. The van der Waals surface area contributed by atoms with Crippen molar-refractivity contribution in [1.82, 2.24) is 15.5 Å². The molecule has 2 heterocycles. The van der Waals surface area contributed by atoms with Gasteiger partial charge in [0.15, 0.2) is 0 Å². The number of carbonyl (C=O) groups is 2. The molecule has 156 valence electrons. The normalized spacial score (nSPS) is 19.5. The van der Waals surface area contributed by atoms with Gasteiger partial charge in [0.05, 0.1) is 12.0 Å². The number of hydrogen-bond donors (Lipinski definition) is 2. The molecule has 0 aromatic heterocycles. The Hall–Kier alpha value is -1.63. The molecule has 6 nitrogen and oxygen atoms in total. The third-order valence-corrected chi connectivity index (χ3v) is 5.90. The van der Waals surface area contributed by atoms with Gasteiger partial charge in [-0.05, 0) is 44.3 Å². The first-order chi connectivity index (χ1) is 13.1. The van der Waals surface area contributed by atoms with Crippen molar-refractivity contribution in [2.24, 2.45) is 11.3 Å². The standard InChI is InChI=1S/C21H31N3O3.ClH/c1-27-16-21(9-11-22-12-10-21)20(26)24-13-7-18(8-14-24)19(25)23-15-17-5-3-2-4-6-17;/h2-6,18,22H,7-16H2,1H3,(H,23,25);1H. The molecule has 0 radical (unpaired) electrons. The van der Waals surface area contributed by atoms with Gasteiger partial charge in [-0.1, -0.05) is 30.3 Å². The number of ether oxygens (including phenoxy) is 1. The van der Waals surface area contributed by atoms with Crippen LogP contribution in [0.15, 0.2) is 30.3 Å². The SMILES string of the molecule is COCC1(C(=O)N2CCC(C(=O)NCc3ccccc3)CC2)CCNCC1.Cl. The molecule has 7 heteroatoms. The highest BCUT2D eigenvalue weighted by Gasteiger charge is 2.43. The van der Waals surface area contributed by atoms with E-state index in [1.54, 1.807) is 7.11 Å². The Morgan fingerprint density at radius 2 is 1.82 bits per heavy atom. The minimum atomic E-state index is -0.400. The van der Waals surface area contributed by atoms with E-state index in [9.17, 15) is 9.59 Å². The number of benzene rings is 1. The number of piperidine rings is 2. The molecule has 0 aliphatic carbocycles. The van der Waals surface area contributed by atoms with Crippen LogP contribution in [0.4, 0.5) is 0 Å². The van der Waals surface area contributed by atoms with Gasteiger partial charge in [-0.25, -0.2) is 0 Å². The van der Waals surface area contributed by atoms with Crippen LogP contribution in [0.5, 0.6) is 0 Å². The first-order valence-corrected chi connectivity index (χ1v) is 9.95. The fraction of sp³-hybridized carbons (Fsp3) is 0.619. The average molecular weight is 410 g/mol. The lowest BCUT2D eigenvalue weighted by atomic mass is 9.77. The highest BCUT2D eigenvalue weighted by atomic mass is 35.5. The van der Waals surface area contributed by atoms with Crippen LogP contribution in [0.25, 0.3) is 0 Å². The van der Waals surface area contributed by atoms with Crippen LogP contribution in [0.2, 0.25) is 0 Å². The monoisotopic (exact) mass is 409 g/mol. The van der Waals surface area contributed by atoms with Crippen molar-refractivity contribution < 1.29 is 14.3 Å². The van der Waals surface area contributed by atoms with Gasteiger partial charge in [-0.15, -0.1) is 12.4 Å². The predicted molar refractivity (Wildman–Crippen MR) is 111 cm³/mol. The van der Waals surface area contributed by atoms with Crippen LogP contribution >= 0.6 is 12.4 Å². The summed E-state index contributed by atoms with van der Waals surface area (Å²) >= 11 is 0. The molecule has 0 unspecified atom stereocenters. The largest absolute Gasteiger partial charge is 0.384 e. The molecule has 2 amide bonds. The van der Waals surface area contributed by atoms with Gasteiger partial charge in [0.1, 0.15) is 0 Å². The van der Waals surface area contributed by atoms with Crippen LogP contribution in [-0.4, -0.2) is 56.6 Å². The summed E-state index contributed by atoms with van der Waals surface area (Å²) in [5.41, 5.74) is 0.702. The third-order valence-electron chi connectivity index (χ3n) is 5.90. The summed E-state index contributed by atoms with van der Waals surface area (Å²) in [5, 5.41) is 6.36. The average Bonchev–Trinajstić information content (AvgIpc) is 2.73. The summed E-state index contributed by atoms with van der Waals surface area (Å²) in [4.78, 5) is 27.6. The second-order valence-electron chi connectivity index (χ2n) is 7.73. The summed E-state index contributed by atoms with van der Waals surface area (Å²) in [5.74, 6) is 0.289. The minimum absolute atomic E-state index is 0. The van der Waals surface area contributed by atoms with Crippen LogP contribution in [0.1, 0.15) is 31.2 Å². The van der Waals surface area contributed by atoms with Crippen molar-refractivity contribution in [3.63, 3.8) is 0 Å². The molecule has 28 heavy (non-hydrogen) atoms. The zero-order valence-electron chi connectivity index (χ0n) is 16.6. The molecule has 2 aliphatic rings. The van der Waals surface area contributed by atoms with E-state index in [0.717, 1.165) is 44.3 Å². The highest BCUT2D eigenvalue weighted by molar-refractivity contribution is 5.85. The van der Waals surface area contributed by atoms with E-state index in [0.29, 0.717) is 26.2 Å². The minimum Gasteiger partial charge on any atom is -0.384 e. The van der Waals surface area contributed by atoms with Gasteiger partial charge in [-0.2, -0.15) is 0 Å². The molecule has 2 saturated heterocycles. The number of amides is 2. The Kier molecular flexibility index (Phi) is 8.73. The van der Waals surface area contributed by atoms with Crippen LogP contribution in [0, 0.1) is 11.3 Å². The summed E-state index contributed by atoms with van der Waals surface area (Å²) in [6.45, 7) is 4.05. The van der Waals surface area contributed by atoms with E-state index in [2.05, 4.69) is 10.6 Å². The Morgan fingerprint density at radius 3 is 2.43 bits per heavy atom. The number of hydrogen-bond acceptors (Lipinski definition) is 4. The van der Waals surface area contributed by atoms with Crippen molar-refractivity contribution in [3.05, 3.63) is 35.9 Å². The van der Waals surface area contributed by atoms with E-state index in [1.807, 2.05) is 35.2 Å². The molecule has 0 bridgehead atoms. The molecule has 0 atom stereocenters. The van der Waals surface area contributed by atoms with Crippen LogP contribution in [0.3, 0.4) is 0 Å². The number of carbonyl (C=O) groups excluding carboxylic acids is 2. The maximum absolute atomic E-state index is 13.2. The Bertz CT molecular complexity index is 622. The van der Waals surface area contributed by atoms with Gasteiger partial charge < -0.3 is 20.3 Å². The van der Waals surface area contributed by atoms with Crippen LogP contribution < -0.4 is 10.6 Å². The number of rotatable bonds is 6. The van der Waals surface area contributed by atoms with Crippen LogP contribution in [-0.2, 0) is 20.9 Å². The summed E-state index contributed by atoms with van der Waals surface area (Å²) < 4.78 is 5.39. The van der Waals surface area contributed by atoms with Crippen molar-refractivity contribution >= 4 is 24.2 Å². The van der Waals surface area contributed by atoms with Crippen molar-refractivity contribution in [3.8, 4) is 0 Å². The number of methoxy groups -OCH3 is 1. The van der Waals surface area contributed by atoms with Gasteiger partial charge in [0, 0.05) is 32.7 Å². The zero-order chi connectivity index (χ0) is 19.1. The van der Waals surface area contributed by atoms with Crippen molar-refractivity contribution in [2.45, 2.75) is 32.2 Å². The summed E-state index contributed by atoms with van der Waals surface area (Å²) in [6.07, 6.45) is 3.09. The van der Waals surface area contributed by atoms with Gasteiger partial charge in [-0.3, -0.25) is 9.59 Å². The lowest BCUT2D eigenvalue weighted by Crippen LogP contribution is -2.54. The van der Waals surface area contributed by atoms with Crippen molar-refractivity contribution in [1.29, 1.82) is 0 Å². The molecule has 1 aromatic carbocycles. The first-order valence-electron chi connectivity index (χ1n) is 9.95. The summed E-state index contributed by atoms with van der Waals surface area (Å²) in [7, 11) is 1.67. The Labute approximate surface area is 173 Å². The summed E-state index contributed by atoms with van der Waals surface area (Å²) in [6, 6.07) is 9.94. The van der Waals surface area contributed by atoms with Gasteiger partial charge in [0.25, 0.3) is 0 Å². The second-order valence-corrected chi connectivity index (χ2v) is 7.73. The number of nitrogens with one attached hydrogen (secondary N) is 2. The van der Waals surface area contributed by atoms with E-state index in [1.165, 1.54) is 0 Å². The zero-order valence-corrected chi connectivity index (χ0v) is 17.4. The van der Waals surface area contributed by atoms with E-state index >= 15 is 0 Å². The molecular formula is C21H32ClN3O3. The maximum atomic E-state index is 13.2. The molecular weight excluding hydrogens is 378 g/mol. The second kappa shape index (κ2) is 10.8. The molecule has 0 saturated carbocycles. The lowest BCUT2D eigenvalue weighted by Gasteiger charge is -2.41. The number of likely N-dealkylation sites (tertiary alicyclic amines) is 1. The first kappa shape index (κ1) is 22.7. The maximum Gasteiger partial charge on any atom is 0.231 e. The topological polar surface area (TPSA) is 70.7 Å². The Morgan fingerprint density at radius 1 is 1.18 bits per heavy atom. The van der Waals surface area contributed by atoms with E-state index in [-0.39, 0.29) is 30.1 Å². The molecule has 0 spiro atoms. The smallest absolute Gasteiger partial charge is 0.231 e. The van der Waals surface area contributed by atoms with Gasteiger partial charge >= 0.3 is 0 Å². The highest BCUT2D eigenvalue weighted by Crippen LogP contribution is 2.33. The van der Waals surface area contributed by atoms with E-state index in [4.69, 9.17) is 4.74 Å². The molecule has 3 rings (SSSR count). The quantitative estimate of drug-likeness (QED) is 0.753. The van der Waals surface area contributed by atoms with E-state index < -0.39 is 5.41 Å². The third kappa shape index (κ3) is 5.46. The molecule has 1 aromatic rings. The van der Waals surface area contributed by atoms with Crippen molar-refractivity contribution in [2.75, 3.05) is 39.9 Å². The molecule has 2 aliphatic heterocycles. The fourth-order valence-corrected chi connectivity index (χ4v) is 4.21. The lowest BCUT2D eigenvalue weighted by molar-refractivity contribution is -0.150. The predicted octanol–water partition coefficient (Wildman–Crippen LogP) is 1.98. The number of halogens is 1. The number of nitrogens with zero attached hydrogens (tertiary/aromatic N) is 1. The fourth-order valence-electron chi connectivity index (χ4n) is 4.21. The molecule has 2 fully saturated rings. The van der Waals surface area contributed by atoms with Gasteiger partial charge in [0.2, 0.25) is 11.8 Å². The molecule has 2 N–H and O–H groups in total.